The first kappa shape index (κ1) is 26.2. The van der Waals surface area contributed by atoms with E-state index in [2.05, 4.69) is 34.7 Å². The van der Waals surface area contributed by atoms with Crippen LogP contribution < -0.4 is 15.4 Å². The Hall–Kier alpha value is -3.40. The molecule has 0 aliphatic rings. The minimum Gasteiger partial charge on any atom is -0.483 e. The fourth-order valence-corrected chi connectivity index (χ4v) is 4.19. The molecule has 2 amide bonds. The van der Waals surface area contributed by atoms with E-state index in [1.807, 2.05) is 36.6 Å². The Balaban J connectivity index is 1.52. The number of aromatic nitrogens is 3. The fraction of sp³-hybridized carbons (Fsp3) is 0.360. The van der Waals surface area contributed by atoms with Gasteiger partial charge in [0, 0.05) is 6.54 Å². The van der Waals surface area contributed by atoms with Crippen LogP contribution in [0.3, 0.4) is 0 Å². The summed E-state index contributed by atoms with van der Waals surface area (Å²) in [5.41, 5.74) is 2.25. The van der Waals surface area contributed by atoms with Crippen LogP contribution in [0.25, 0.3) is 0 Å². The number of benzene rings is 2. The van der Waals surface area contributed by atoms with Crippen LogP contribution >= 0.6 is 11.8 Å². The minimum absolute atomic E-state index is 0.0430. The highest BCUT2D eigenvalue weighted by molar-refractivity contribution is 7.99. The van der Waals surface area contributed by atoms with Gasteiger partial charge < -0.3 is 19.9 Å². The van der Waals surface area contributed by atoms with E-state index in [0.717, 1.165) is 11.1 Å². The molecule has 0 atom stereocenters. The van der Waals surface area contributed by atoms with Gasteiger partial charge in [0.05, 0.1) is 18.0 Å². The SMILES string of the molecule is CCn1c(CNC(=O)COc2cc(C)ccc2C(C)C)nnc1SCC(=O)Nc1ccccc1F. The number of para-hydroxylation sites is 1. The highest BCUT2D eigenvalue weighted by Crippen LogP contribution is 2.27. The van der Waals surface area contributed by atoms with Crippen molar-refractivity contribution in [2.75, 3.05) is 17.7 Å². The second kappa shape index (κ2) is 12.3. The molecule has 0 radical (unpaired) electrons. The fourth-order valence-electron chi connectivity index (χ4n) is 3.37. The Morgan fingerprint density at radius 1 is 1.14 bits per heavy atom. The number of anilines is 1. The van der Waals surface area contributed by atoms with Crippen LogP contribution in [0, 0.1) is 12.7 Å². The van der Waals surface area contributed by atoms with Crippen LogP contribution in [0.5, 0.6) is 5.75 Å². The maximum atomic E-state index is 13.7. The molecule has 35 heavy (non-hydrogen) atoms. The van der Waals surface area contributed by atoms with Crippen LogP contribution in [0.4, 0.5) is 10.1 Å². The van der Waals surface area contributed by atoms with E-state index < -0.39 is 5.82 Å². The number of ether oxygens (including phenoxy) is 1. The summed E-state index contributed by atoms with van der Waals surface area (Å²) in [6.07, 6.45) is 0. The lowest BCUT2D eigenvalue weighted by Gasteiger charge is -2.15. The topological polar surface area (TPSA) is 98.1 Å². The van der Waals surface area contributed by atoms with Gasteiger partial charge in [-0.2, -0.15) is 0 Å². The maximum absolute atomic E-state index is 13.7. The Kier molecular flexibility index (Phi) is 9.25. The molecule has 0 aliphatic heterocycles. The van der Waals surface area contributed by atoms with Crippen molar-refractivity contribution in [2.24, 2.45) is 0 Å². The highest BCUT2D eigenvalue weighted by Gasteiger charge is 2.15. The number of hydrogen-bond donors (Lipinski definition) is 2. The Morgan fingerprint density at radius 3 is 2.63 bits per heavy atom. The van der Waals surface area contributed by atoms with Crippen molar-refractivity contribution in [2.45, 2.75) is 51.9 Å². The number of hydrogen-bond acceptors (Lipinski definition) is 6. The number of rotatable bonds is 11. The number of nitrogens with one attached hydrogen (secondary N) is 2. The van der Waals surface area contributed by atoms with Crippen LogP contribution in [0.15, 0.2) is 47.6 Å². The Morgan fingerprint density at radius 2 is 1.91 bits per heavy atom. The molecule has 3 rings (SSSR count). The maximum Gasteiger partial charge on any atom is 0.258 e. The van der Waals surface area contributed by atoms with E-state index >= 15 is 0 Å². The Bertz CT molecular complexity index is 1180. The molecule has 0 bridgehead atoms. The summed E-state index contributed by atoms with van der Waals surface area (Å²) in [5, 5.41) is 14.2. The molecule has 1 heterocycles. The van der Waals surface area contributed by atoms with Gasteiger partial charge in [-0.1, -0.05) is 49.9 Å². The summed E-state index contributed by atoms with van der Waals surface area (Å²) in [4.78, 5) is 24.6. The average Bonchev–Trinajstić information content (AvgIpc) is 3.23. The third-order valence-corrected chi connectivity index (χ3v) is 6.15. The summed E-state index contributed by atoms with van der Waals surface area (Å²) in [5.74, 6) is 0.478. The van der Waals surface area contributed by atoms with Crippen LogP contribution in [0.2, 0.25) is 0 Å². The molecule has 0 unspecified atom stereocenters. The van der Waals surface area contributed by atoms with E-state index in [1.165, 1.54) is 23.9 Å². The molecule has 0 aliphatic carbocycles. The van der Waals surface area contributed by atoms with Crippen molar-refractivity contribution in [3.8, 4) is 5.75 Å². The van der Waals surface area contributed by atoms with Crippen molar-refractivity contribution < 1.29 is 18.7 Å². The lowest BCUT2D eigenvalue weighted by molar-refractivity contribution is -0.123. The number of aryl methyl sites for hydroxylation is 1. The molecule has 0 saturated heterocycles. The van der Waals surface area contributed by atoms with Gasteiger partial charge in [-0.3, -0.25) is 9.59 Å². The number of carbonyl (C=O) groups excluding carboxylic acids is 2. The third-order valence-electron chi connectivity index (χ3n) is 5.18. The molecule has 0 saturated carbocycles. The third kappa shape index (κ3) is 7.29. The second-order valence-electron chi connectivity index (χ2n) is 8.22. The molecular weight excluding hydrogens is 469 g/mol. The molecule has 186 valence electrons. The van der Waals surface area contributed by atoms with Gasteiger partial charge in [0.1, 0.15) is 11.6 Å². The molecule has 10 heteroatoms. The predicted octanol–water partition coefficient (Wildman–Crippen LogP) is 4.29. The zero-order chi connectivity index (χ0) is 25.4. The molecule has 2 aromatic carbocycles. The van der Waals surface area contributed by atoms with Crippen LogP contribution in [-0.2, 0) is 22.7 Å². The van der Waals surface area contributed by atoms with E-state index in [4.69, 9.17) is 4.74 Å². The lowest BCUT2D eigenvalue weighted by Crippen LogP contribution is -2.29. The van der Waals surface area contributed by atoms with Crippen LogP contribution in [-0.4, -0.2) is 38.9 Å². The molecule has 1 aromatic heterocycles. The number of halogens is 1. The van der Waals surface area contributed by atoms with Gasteiger partial charge in [-0.15, -0.1) is 10.2 Å². The molecule has 0 fully saturated rings. The number of amides is 2. The van der Waals surface area contributed by atoms with E-state index in [-0.39, 0.29) is 42.3 Å². The van der Waals surface area contributed by atoms with Crippen molar-refractivity contribution in [3.63, 3.8) is 0 Å². The zero-order valence-corrected chi connectivity index (χ0v) is 21.1. The van der Waals surface area contributed by atoms with Gasteiger partial charge in [-0.05, 0) is 49.1 Å². The molecule has 2 N–H and O–H groups in total. The summed E-state index contributed by atoms with van der Waals surface area (Å²) in [6.45, 7) is 8.69. The first-order chi connectivity index (χ1) is 16.8. The quantitative estimate of drug-likeness (QED) is 0.382. The normalized spacial score (nSPS) is 10.9. The summed E-state index contributed by atoms with van der Waals surface area (Å²) in [6, 6.07) is 12.0. The lowest BCUT2D eigenvalue weighted by atomic mass is 10.0. The van der Waals surface area contributed by atoms with Gasteiger partial charge in [0.25, 0.3) is 5.91 Å². The average molecular weight is 500 g/mol. The summed E-state index contributed by atoms with van der Waals surface area (Å²) < 4.78 is 21.3. The summed E-state index contributed by atoms with van der Waals surface area (Å²) >= 11 is 1.19. The van der Waals surface area contributed by atoms with E-state index in [0.29, 0.717) is 23.3 Å². The first-order valence-electron chi connectivity index (χ1n) is 11.4. The van der Waals surface area contributed by atoms with Gasteiger partial charge in [0.15, 0.2) is 17.6 Å². The smallest absolute Gasteiger partial charge is 0.258 e. The Labute approximate surface area is 208 Å². The van der Waals surface area contributed by atoms with Crippen molar-refractivity contribution >= 4 is 29.3 Å². The second-order valence-corrected chi connectivity index (χ2v) is 9.16. The molecule has 3 aromatic rings. The molecule has 0 spiro atoms. The number of nitrogens with zero attached hydrogens (tertiary/aromatic N) is 3. The van der Waals surface area contributed by atoms with Crippen molar-refractivity contribution in [3.05, 3.63) is 65.2 Å². The number of carbonyl (C=O) groups is 2. The summed E-state index contributed by atoms with van der Waals surface area (Å²) in [7, 11) is 0. The zero-order valence-electron chi connectivity index (χ0n) is 20.3. The van der Waals surface area contributed by atoms with Gasteiger partial charge in [0.2, 0.25) is 5.91 Å². The monoisotopic (exact) mass is 499 g/mol. The first-order valence-corrected chi connectivity index (χ1v) is 12.4. The molecular formula is C25H30FN5O3S. The molecule has 8 nitrogen and oxygen atoms in total. The predicted molar refractivity (Wildman–Crippen MR) is 134 cm³/mol. The number of thioether (sulfide) groups is 1. The largest absolute Gasteiger partial charge is 0.483 e. The van der Waals surface area contributed by atoms with Crippen molar-refractivity contribution in [1.29, 1.82) is 0 Å². The minimum atomic E-state index is -0.493. The van der Waals surface area contributed by atoms with Crippen molar-refractivity contribution in [1.82, 2.24) is 20.1 Å². The van der Waals surface area contributed by atoms with Gasteiger partial charge >= 0.3 is 0 Å². The highest BCUT2D eigenvalue weighted by atomic mass is 32.2. The van der Waals surface area contributed by atoms with Gasteiger partial charge in [-0.25, -0.2) is 4.39 Å². The standard InChI is InChI=1S/C25H30FN5O3S/c1-5-31-22(13-27-23(32)14-34-21-12-17(4)10-11-18(21)16(2)3)29-30-25(31)35-15-24(33)28-20-9-7-6-8-19(20)26/h6-12,16H,5,13-15H2,1-4H3,(H,27,32)(H,28,33). The van der Waals surface area contributed by atoms with Crippen LogP contribution in [0.1, 0.15) is 43.6 Å². The van der Waals surface area contributed by atoms with E-state index in [9.17, 15) is 14.0 Å². The van der Waals surface area contributed by atoms with E-state index in [1.54, 1.807) is 12.1 Å².